The molecule has 0 atom stereocenters. The fraction of sp³-hybridized carbons (Fsp3) is 0.500. The molecule has 0 bridgehead atoms. The molecule has 1 aromatic carbocycles. The average Bonchev–Trinajstić information content (AvgIpc) is 2.93. The molecule has 1 fully saturated rings. The number of guanidine groups is 1. The maximum Gasteiger partial charge on any atom is 0.191 e. The van der Waals surface area contributed by atoms with Crippen LogP contribution in [0.1, 0.15) is 11.1 Å². The van der Waals surface area contributed by atoms with E-state index in [0.717, 1.165) is 41.9 Å². The van der Waals surface area contributed by atoms with Crippen LogP contribution in [0, 0.1) is 0 Å². The van der Waals surface area contributed by atoms with Gasteiger partial charge in [-0.1, -0.05) is 15.9 Å². The van der Waals surface area contributed by atoms with Gasteiger partial charge >= 0.3 is 0 Å². The maximum atomic E-state index is 6.05. The van der Waals surface area contributed by atoms with Crippen molar-refractivity contribution in [1.82, 2.24) is 4.90 Å². The van der Waals surface area contributed by atoms with Gasteiger partial charge in [0.25, 0.3) is 0 Å². The summed E-state index contributed by atoms with van der Waals surface area (Å²) in [4.78, 5) is 6.56. The Bertz CT molecular complexity index is 533. The van der Waals surface area contributed by atoms with E-state index in [1.165, 1.54) is 5.56 Å². The van der Waals surface area contributed by atoms with E-state index >= 15 is 0 Å². The second-order valence-electron chi connectivity index (χ2n) is 4.93. The Morgan fingerprint density at radius 1 is 1.29 bits per heavy atom. The molecule has 116 valence electrons. The van der Waals surface area contributed by atoms with Gasteiger partial charge in [-0.15, -0.1) is 24.0 Å². The second kappa shape index (κ2) is 7.64. The molecule has 7 heteroatoms. The minimum absolute atomic E-state index is 0. The lowest BCUT2D eigenvalue weighted by molar-refractivity contribution is 0.0674. The molecule has 3 rings (SSSR count). The lowest BCUT2D eigenvalue weighted by Crippen LogP contribution is -2.44. The molecular formula is C14H19BrIN3O2. The minimum atomic E-state index is 0. The number of nitrogens with zero attached hydrogens (tertiary/aromatic N) is 2. The van der Waals surface area contributed by atoms with Crippen LogP contribution in [-0.2, 0) is 17.7 Å². The van der Waals surface area contributed by atoms with Crippen molar-refractivity contribution in [2.24, 2.45) is 10.7 Å². The summed E-state index contributed by atoms with van der Waals surface area (Å²) < 4.78 is 12.1. The summed E-state index contributed by atoms with van der Waals surface area (Å²) in [6.45, 7) is 4.34. The average molecular weight is 468 g/mol. The van der Waals surface area contributed by atoms with Gasteiger partial charge in [-0.05, 0) is 17.7 Å². The van der Waals surface area contributed by atoms with Crippen molar-refractivity contribution in [3.05, 3.63) is 27.7 Å². The molecule has 0 spiro atoms. The third-order valence-corrected chi connectivity index (χ3v) is 4.03. The van der Waals surface area contributed by atoms with Crippen molar-refractivity contribution in [3.8, 4) is 5.75 Å². The monoisotopic (exact) mass is 467 g/mol. The summed E-state index contributed by atoms with van der Waals surface area (Å²) >= 11 is 3.54. The van der Waals surface area contributed by atoms with Crippen LogP contribution in [0.5, 0.6) is 5.75 Å². The highest BCUT2D eigenvalue weighted by molar-refractivity contribution is 14.0. The van der Waals surface area contributed by atoms with Crippen LogP contribution in [-0.4, -0.2) is 43.8 Å². The van der Waals surface area contributed by atoms with Gasteiger partial charge in [0.1, 0.15) is 5.75 Å². The fourth-order valence-corrected chi connectivity index (χ4v) is 3.07. The van der Waals surface area contributed by atoms with Gasteiger partial charge in [-0.25, -0.2) is 4.99 Å². The van der Waals surface area contributed by atoms with Crippen molar-refractivity contribution < 1.29 is 9.47 Å². The lowest BCUT2D eigenvalue weighted by Gasteiger charge is -2.27. The van der Waals surface area contributed by atoms with E-state index in [2.05, 4.69) is 38.0 Å². The minimum Gasteiger partial charge on any atom is -0.493 e. The van der Waals surface area contributed by atoms with Crippen LogP contribution in [0.15, 0.2) is 21.6 Å². The number of ether oxygens (including phenoxy) is 2. The largest absolute Gasteiger partial charge is 0.493 e. The Kier molecular flexibility index (Phi) is 6.12. The zero-order valence-electron chi connectivity index (χ0n) is 11.7. The van der Waals surface area contributed by atoms with E-state index < -0.39 is 0 Å². The van der Waals surface area contributed by atoms with Gasteiger partial charge in [-0.3, -0.25) is 0 Å². The second-order valence-corrected chi connectivity index (χ2v) is 5.84. The van der Waals surface area contributed by atoms with Crippen LogP contribution >= 0.6 is 39.9 Å². The third kappa shape index (κ3) is 4.01. The first-order valence-corrected chi connectivity index (χ1v) is 7.60. The van der Waals surface area contributed by atoms with E-state index in [4.69, 9.17) is 15.2 Å². The molecule has 1 saturated heterocycles. The summed E-state index contributed by atoms with van der Waals surface area (Å²) in [6.07, 6.45) is 0.963. The van der Waals surface area contributed by atoms with Crippen molar-refractivity contribution in [1.29, 1.82) is 0 Å². The van der Waals surface area contributed by atoms with E-state index in [-0.39, 0.29) is 24.0 Å². The van der Waals surface area contributed by atoms with Crippen molar-refractivity contribution in [3.63, 3.8) is 0 Å². The quantitative estimate of drug-likeness (QED) is 0.411. The molecule has 0 saturated carbocycles. The van der Waals surface area contributed by atoms with Gasteiger partial charge in [0, 0.05) is 29.5 Å². The number of morpholine rings is 1. The fourth-order valence-electron chi connectivity index (χ4n) is 2.52. The molecule has 0 amide bonds. The molecule has 0 aliphatic carbocycles. The highest BCUT2D eigenvalue weighted by Crippen LogP contribution is 2.33. The summed E-state index contributed by atoms with van der Waals surface area (Å²) in [7, 11) is 0. The molecule has 0 radical (unpaired) electrons. The van der Waals surface area contributed by atoms with E-state index in [0.29, 0.717) is 25.7 Å². The number of aliphatic imine (C=N–C) groups is 1. The summed E-state index contributed by atoms with van der Waals surface area (Å²) in [5.41, 5.74) is 8.38. The molecule has 2 N–H and O–H groups in total. The number of nitrogens with two attached hydrogens (primary N) is 1. The van der Waals surface area contributed by atoms with E-state index in [9.17, 15) is 0 Å². The molecule has 21 heavy (non-hydrogen) atoms. The van der Waals surface area contributed by atoms with Crippen LogP contribution in [0.25, 0.3) is 0 Å². The topological polar surface area (TPSA) is 60.1 Å². The highest BCUT2D eigenvalue weighted by atomic mass is 127. The smallest absolute Gasteiger partial charge is 0.191 e. The van der Waals surface area contributed by atoms with Gasteiger partial charge in [0.15, 0.2) is 5.96 Å². The molecule has 0 aromatic heterocycles. The van der Waals surface area contributed by atoms with Crippen molar-refractivity contribution in [2.75, 3.05) is 32.9 Å². The Morgan fingerprint density at radius 3 is 2.81 bits per heavy atom. The summed E-state index contributed by atoms with van der Waals surface area (Å²) in [5, 5.41) is 0. The predicted octanol–water partition coefficient (Wildman–Crippen LogP) is 2.15. The normalized spacial score (nSPS) is 18.0. The molecule has 2 aliphatic heterocycles. The van der Waals surface area contributed by atoms with Crippen molar-refractivity contribution >= 4 is 45.9 Å². The van der Waals surface area contributed by atoms with Gasteiger partial charge < -0.3 is 20.1 Å². The Morgan fingerprint density at radius 2 is 2.05 bits per heavy atom. The Labute approximate surface area is 150 Å². The van der Waals surface area contributed by atoms with Crippen LogP contribution in [0.3, 0.4) is 0 Å². The van der Waals surface area contributed by atoms with Crippen molar-refractivity contribution in [2.45, 2.75) is 13.0 Å². The number of hydrogen-bond acceptors (Lipinski definition) is 3. The third-order valence-electron chi connectivity index (χ3n) is 3.57. The Hall–Kier alpha value is -0.540. The number of benzene rings is 1. The molecule has 1 aromatic rings. The first-order valence-electron chi connectivity index (χ1n) is 6.81. The Balaban J connectivity index is 0.00000161. The predicted molar refractivity (Wildman–Crippen MR) is 96.5 cm³/mol. The number of hydrogen-bond donors (Lipinski definition) is 1. The first kappa shape index (κ1) is 16.8. The van der Waals surface area contributed by atoms with E-state index in [1.807, 2.05) is 0 Å². The SMILES string of the molecule is I.NC(=NCc1cc(Br)cc2c1OCC2)N1CCOCC1. The summed E-state index contributed by atoms with van der Waals surface area (Å²) in [5.74, 6) is 1.56. The number of fused-ring (bicyclic) bond motifs is 1. The van der Waals surface area contributed by atoms with Gasteiger partial charge in [-0.2, -0.15) is 0 Å². The van der Waals surface area contributed by atoms with Gasteiger partial charge in [0.2, 0.25) is 0 Å². The molecule has 2 heterocycles. The van der Waals surface area contributed by atoms with Crippen LogP contribution in [0.4, 0.5) is 0 Å². The number of halogens is 2. The molecule has 5 nitrogen and oxygen atoms in total. The standard InChI is InChI=1S/C14H18BrN3O2.HI/c15-12-7-10-1-4-20-13(10)11(8-12)9-17-14(16)18-2-5-19-6-3-18;/h7-8H,1-6,9H2,(H2,16,17);1H. The number of rotatable bonds is 2. The molecule has 0 unspecified atom stereocenters. The van der Waals surface area contributed by atoms with Gasteiger partial charge in [0.05, 0.1) is 26.4 Å². The zero-order chi connectivity index (χ0) is 13.9. The highest BCUT2D eigenvalue weighted by Gasteiger charge is 2.18. The molecule has 2 aliphatic rings. The summed E-state index contributed by atoms with van der Waals surface area (Å²) in [6, 6.07) is 4.17. The molecular weight excluding hydrogens is 449 g/mol. The zero-order valence-corrected chi connectivity index (χ0v) is 15.6. The van der Waals surface area contributed by atoms with Crippen LogP contribution in [0.2, 0.25) is 0 Å². The van der Waals surface area contributed by atoms with Crippen LogP contribution < -0.4 is 10.5 Å². The first-order chi connectivity index (χ1) is 9.74. The van der Waals surface area contributed by atoms with E-state index in [1.54, 1.807) is 0 Å². The maximum absolute atomic E-state index is 6.05. The lowest BCUT2D eigenvalue weighted by atomic mass is 10.1.